The summed E-state index contributed by atoms with van der Waals surface area (Å²) in [5.74, 6) is -0.314. The van der Waals surface area contributed by atoms with Gasteiger partial charge in [-0.1, -0.05) is 0 Å². The second kappa shape index (κ2) is 4.49. The molecule has 1 rings (SSSR count). The minimum atomic E-state index is -3.29. The Hall–Kier alpha value is -0.620. The zero-order valence-electron chi connectivity index (χ0n) is 9.36. The fraction of sp³-hybridized carbons (Fsp3) is 0.889. The van der Waals surface area contributed by atoms with Crippen molar-refractivity contribution in [2.24, 2.45) is 0 Å². The van der Waals surface area contributed by atoms with E-state index in [9.17, 15) is 13.2 Å². The molecule has 1 saturated heterocycles. The van der Waals surface area contributed by atoms with Crippen LogP contribution in [0.1, 0.15) is 13.3 Å². The Morgan fingerprint density at radius 1 is 1.53 bits per heavy atom. The lowest BCUT2D eigenvalue weighted by Crippen LogP contribution is -2.45. The molecule has 5 nitrogen and oxygen atoms in total. The van der Waals surface area contributed by atoms with E-state index >= 15 is 0 Å². The number of likely N-dealkylation sites (N-methyl/N-ethyl adjacent to an activating group) is 1. The molecular weight excluding hydrogens is 216 g/mol. The molecule has 15 heavy (non-hydrogen) atoms. The van der Waals surface area contributed by atoms with Gasteiger partial charge in [0.2, 0.25) is 5.91 Å². The molecule has 1 heterocycles. The van der Waals surface area contributed by atoms with Crippen molar-refractivity contribution in [3.05, 3.63) is 0 Å². The van der Waals surface area contributed by atoms with Crippen LogP contribution in [0.5, 0.6) is 0 Å². The normalized spacial score (nSPS) is 23.8. The van der Waals surface area contributed by atoms with Gasteiger partial charge in [0.15, 0.2) is 9.84 Å². The molecule has 0 bridgehead atoms. The average Bonchev–Trinajstić information content (AvgIpc) is 2.65. The molecule has 6 heteroatoms. The summed E-state index contributed by atoms with van der Waals surface area (Å²) >= 11 is 0. The van der Waals surface area contributed by atoms with Gasteiger partial charge in [0, 0.05) is 25.9 Å². The van der Waals surface area contributed by atoms with Gasteiger partial charge in [0.1, 0.15) is 5.25 Å². The van der Waals surface area contributed by atoms with Crippen LogP contribution in [0, 0.1) is 0 Å². The summed E-state index contributed by atoms with van der Waals surface area (Å²) in [4.78, 5) is 13.3. The van der Waals surface area contributed by atoms with Gasteiger partial charge >= 0.3 is 0 Å². The average molecular weight is 234 g/mol. The van der Waals surface area contributed by atoms with E-state index in [-0.39, 0.29) is 11.9 Å². The third-order valence-electron chi connectivity index (χ3n) is 2.92. The molecule has 88 valence electrons. The number of hydrogen-bond acceptors (Lipinski definition) is 4. The van der Waals surface area contributed by atoms with Crippen molar-refractivity contribution in [2.45, 2.75) is 24.6 Å². The van der Waals surface area contributed by atoms with E-state index in [0.29, 0.717) is 0 Å². The fourth-order valence-corrected chi connectivity index (χ4v) is 2.15. The number of hydrogen-bond donors (Lipinski definition) is 1. The van der Waals surface area contributed by atoms with Crippen LogP contribution in [-0.2, 0) is 14.6 Å². The highest BCUT2D eigenvalue weighted by Crippen LogP contribution is 2.10. The van der Waals surface area contributed by atoms with Crippen LogP contribution < -0.4 is 5.32 Å². The lowest BCUT2D eigenvalue weighted by Gasteiger charge is -2.26. The molecule has 0 spiro atoms. The molecule has 2 unspecified atom stereocenters. The van der Waals surface area contributed by atoms with E-state index in [2.05, 4.69) is 5.32 Å². The monoisotopic (exact) mass is 234 g/mol. The van der Waals surface area contributed by atoms with Crippen molar-refractivity contribution in [3.8, 4) is 0 Å². The van der Waals surface area contributed by atoms with Crippen molar-refractivity contribution >= 4 is 15.7 Å². The van der Waals surface area contributed by atoms with Gasteiger partial charge in [0.05, 0.1) is 0 Å². The molecule has 1 aliphatic heterocycles. The lowest BCUT2D eigenvalue weighted by atomic mass is 10.2. The molecule has 0 saturated carbocycles. The highest BCUT2D eigenvalue weighted by atomic mass is 32.2. The highest BCUT2D eigenvalue weighted by Gasteiger charge is 2.31. The maximum Gasteiger partial charge on any atom is 0.240 e. The topological polar surface area (TPSA) is 66.5 Å². The first-order valence-corrected chi connectivity index (χ1v) is 6.95. The predicted molar refractivity (Wildman–Crippen MR) is 58.4 cm³/mol. The van der Waals surface area contributed by atoms with Gasteiger partial charge < -0.3 is 10.2 Å². The molecule has 0 aliphatic carbocycles. The zero-order valence-corrected chi connectivity index (χ0v) is 10.2. The smallest absolute Gasteiger partial charge is 0.240 e. The van der Waals surface area contributed by atoms with E-state index < -0.39 is 15.1 Å². The SMILES string of the molecule is CC(C(=O)N(C)C1CCNC1)S(C)(=O)=O. The minimum absolute atomic E-state index is 0.127. The van der Waals surface area contributed by atoms with Crippen LogP contribution in [0.25, 0.3) is 0 Å². The zero-order chi connectivity index (χ0) is 11.6. The Labute approximate surface area is 90.7 Å². The molecule has 1 aliphatic rings. The summed E-state index contributed by atoms with van der Waals surface area (Å²) < 4.78 is 22.5. The lowest BCUT2D eigenvalue weighted by molar-refractivity contribution is -0.130. The Morgan fingerprint density at radius 2 is 2.13 bits per heavy atom. The van der Waals surface area contributed by atoms with Crippen molar-refractivity contribution in [1.82, 2.24) is 10.2 Å². The van der Waals surface area contributed by atoms with Crippen LogP contribution in [0.15, 0.2) is 0 Å². The van der Waals surface area contributed by atoms with Gasteiger partial charge in [-0.25, -0.2) is 8.42 Å². The molecule has 2 atom stereocenters. The number of nitrogens with one attached hydrogen (secondary N) is 1. The minimum Gasteiger partial charge on any atom is -0.340 e. The molecule has 1 N–H and O–H groups in total. The number of sulfone groups is 1. The molecule has 1 fully saturated rings. The molecule has 0 aromatic rings. The summed E-state index contributed by atoms with van der Waals surface area (Å²) in [6, 6.07) is 0.127. The molecule has 0 aromatic carbocycles. The van der Waals surface area contributed by atoms with Crippen molar-refractivity contribution in [3.63, 3.8) is 0 Å². The number of carbonyl (C=O) groups is 1. The van der Waals surface area contributed by atoms with Gasteiger partial charge in [-0.15, -0.1) is 0 Å². The third kappa shape index (κ3) is 2.92. The van der Waals surface area contributed by atoms with Gasteiger partial charge in [-0.3, -0.25) is 4.79 Å². The number of rotatable bonds is 3. The molecule has 1 amide bonds. The molecular formula is C9H18N2O3S. The highest BCUT2D eigenvalue weighted by molar-refractivity contribution is 7.92. The van der Waals surface area contributed by atoms with E-state index in [1.165, 1.54) is 6.92 Å². The first-order chi connectivity index (χ1) is 6.84. The fourth-order valence-electron chi connectivity index (χ4n) is 1.62. The van der Waals surface area contributed by atoms with Crippen molar-refractivity contribution in [1.29, 1.82) is 0 Å². The van der Waals surface area contributed by atoms with E-state index in [1.54, 1.807) is 11.9 Å². The second-order valence-electron chi connectivity index (χ2n) is 4.07. The standard InChI is InChI=1S/C9H18N2O3S/c1-7(15(3,13)14)9(12)11(2)8-4-5-10-6-8/h7-8,10H,4-6H2,1-3H3. The van der Waals surface area contributed by atoms with Gasteiger partial charge in [-0.05, 0) is 19.9 Å². The number of carbonyl (C=O) groups excluding carboxylic acids is 1. The van der Waals surface area contributed by atoms with Crippen LogP contribution in [-0.4, -0.2) is 56.9 Å². The largest absolute Gasteiger partial charge is 0.340 e. The molecule has 0 radical (unpaired) electrons. The summed E-state index contributed by atoms with van der Waals surface area (Å²) in [6.07, 6.45) is 1.98. The van der Waals surface area contributed by atoms with E-state index in [0.717, 1.165) is 25.8 Å². The summed E-state index contributed by atoms with van der Waals surface area (Å²) in [5, 5.41) is 2.20. The first kappa shape index (κ1) is 12.4. The first-order valence-electron chi connectivity index (χ1n) is 5.00. The summed E-state index contributed by atoms with van der Waals surface area (Å²) in [7, 11) is -1.62. The second-order valence-corrected chi connectivity index (χ2v) is 6.43. The van der Waals surface area contributed by atoms with Crippen LogP contribution in [0.3, 0.4) is 0 Å². The third-order valence-corrected chi connectivity index (χ3v) is 4.41. The Morgan fingerprint density at radius 3 is 2.53 bits per heavy atom. The molecule has 0 aromatic heterocycles. The Balaban J connectivity index is 2.67. The van der Waals surface area contributed by atoms with Crippen LogP contribution in [0.2, 0.25) is 0 Å². The predicted octanol–water partition coefficient (Wildman–Crippen LogP) is -0.760. The number of amides is 1. The van der Waals surface area contributed by atoms with E-state index in [1.807, 2.05) is 0 Å². The summed E-state index contributed by atoms with van der Waals surface area (Å²) in [5.41, 5.74) is 0. The van der Waals surface area contributed by atoms with Gasteiger partial charge in [0.25, 0.3) is 0 Å². The van der Waals surface area contributed by atoms with Crippen molar-refractivity contribution < 1.29 is 13.2 Å². The van der Waals surface area contributed by atoms with Crippen LogP contribution in [0.4, 0.5) is 0 Å². The van der Waals surface area contributed by atoms with Gasteiger partial charge in [-0.2, -0.15) is 0 Å². The Kier molecular flexibility index (Phi) is 3.72. The van der Waals surface area contributed by atoms with E-state index in [4.69, 9.17) is 0 Å². The summed E-state index contributed by atoms with van der Waals surface area (Å²) in [6.45, 7) is 3.07. The quantitative estimate of drug-likeness (QED) is 0.697. The van der Waals surface area contributed by atoms with Crippen LogP contribution >= 0.6 is 0 Å². The maximum atomic E-state index is 11.8. The maximum absolute atomic E-state index is 11.8. The van der Waals surface area contributed by atoms with Crippen molar-refractivity contribution in [2.75, 3.05) is 26.4 Å². The Bertz CT molecular complexity index is 333. The number of nitrogens with zero attached hydrogens (tertiary/aromatic N) is 1.